The van der Waals surface area contributed by atoms with Gasteiger partial charge in [-0.2, -0.15) is 0 Å². The lowest BCUT2D eigenvalue weighted by Crippen LogP contribution is -2.32. The van der Waals surface area contributed by atoms with E-state index >= 15 is 0 Å². The Bertz CT molecular complexity index is 548. The summed E-state index contributed by atoms with van der Waals surface area (Å²) in [6.07, 6.45) is 5.97. The fraction of sp³-hybridized carbons (Fsp3) is 0.600. The maximum absolute atomic E-state index is 11.9. The van der Waals surface area contributed by atoms with Crippen LogP contribution in [0.5, 0.6) is 0 Å². The maximum Gasteiger partial charge on any atom is 0.287 e. The van der Waals surface area contributed by atoms with Gasteiger partial charge in [0.15, 0.2) is 0 Å². The van der Waals surface area contributed by atoms with Crippen LogP contribution in [-0.4, -0.2) is 40.3 Å². The molecular formula is C15H22N4O3. The van der Waals surface area contributed by atoms with Gasteiger partial charge in [0.2, 0.25) is 5.91 Å². The number of carbonyl (C=O) groups excluding carboxylic acids is 1. The number of hydrogen-bond acceptors (Lipinski definition) is 5. The lowest BCUT2D eigenvalue weighted by molar-refractivity contribution is -0.385. The summed E-state index contributed by atoms with van der Waals surface area (Å²) in [5.41, 5.74) is 0.748. The van der Waals surface area contributed by atoms with Crippen molar-refractivity contribution in [3.8, 4) is 0 Å². The second-order valence-electron chi connectivity index (χ2n) is 5.59. The topological polar surface area (TPSA) is 88.4 Å². The minimum Gasteiger partial charge on any atom is -0.370 e. The van der Waals surface area contributed by atoms with E-state index in [1.807, 2.05) is 4.90 Å². The van der Waals surface area contributed by atoms with E-state index in [0.717, 1.165) is 44.3 Å². The molecule has 0 unspecified atom stereocenters. The molecule has 1 aliphatic heterocycles. The zero-order valence-electron chi connectivity index (χ0n) is 12.9. The predicted molar refractivity (Wildman–Crippen MR) is 83.8 cm³/mol. The first-order valence-electron chi connectivity index (χ1n) is 7.70. The second kappa shape index (κ2) is 7.72. The minimum absolute atomic E-state index is 0.00165. The molecule has 0 spiro atoms. The molecule has 1 aromatic rings. The quantitative estimate of drug-likeness (QED) is 0.495. The van der Waals surface area contributed by atoms with Gasteiger partial charge in [-0.15, -0.1) is 0 Å². The summed E-state index contributed by atoms with van der Waals surface area (Å²) in [7, 11) is 0. The van der Waals surface area contributed by atoms with Crippen LogP contribution in [0, 0.1) is 17.0 Å². The average molecular weight is 306 g/mol. The van der Waals surface area contributed by atoms with Gasteiger partial charge >= 0.3 is 0 Å². The van der Waals surface area contributed by atoms with Crippen LogP contribution in [-0.2, 0) is 4.79 Å². The molecule has 0 aromatic carbocycles. The normalized spacial score (nSPS) is 15.5. The van der Waals surface area contributed by atoms with Crippen molar-refractivity contribution in [2.45, 2.75) is 39.0 Å². The highest BCUT2D eigenvalue weighted by atomic mass is 16.6. The van der Waals surface area contributed by atoms with Crippen molar-refractivity contribution < 1.29 is 9.72 Å². The number of nitro groups is 1. The van der Waals surface area contributed by atoms with Gasteiger partial charge in [-0.3, -0.25) is 14.9 Å². The van der Waals surface area contributed by atoms with E-state index < -0.39 is 4.92 Å². The Labute approximate surface area is 129 Å². The van der Waals surface area contributed by atoms with E-state index in [9.17, 15) is 14.9 Å². The van der Waals surface area contributed by atoms with Crippen molar-refractivity contribution in [1.29, 1.82) is 0 Å². The van der Waals surface area contributed by atoms with E-state index in [-0.39, 0.29) is 11.6 Å². The number of aryl methyl sites for hydroxylation is 1. The van der Waals surface area contributed by atoms with Gasteiger partial charge < -0.3 is 10.2 Å². The Kier molecular flexibility index (Phi) is 5.68. The average Bonchev–Trinajstić information content (AvgIpc) is 2.69. The van der Waals surface area contributed by atoms with Gasteiger partial charge in [-0.25, -0.2) is 4.98 Å². The van der Waals surface area contributed by atoms with Gasteiger partial charge in [0.1, 0.15) is 12.0 Å². The highest BCUT2D eigenvalue weighted by Gasteiger charge is 2.15. The molecule has 120 valence electrons. The lowest BCUT2D eigenvalue weighted by Gasteiger charge is -2.20. The number of hydrogen-bond donors (Lipinski definition) is 1. The van der Waals surface area contributed by atoms with Crippen LogP contribution in [0.25, 0.3) is 0 Å². The van der Waals surface area contributed by atoms with Gasteiger partial charge in [0.05, 0.1) is 4.92 Å². The second-order valence-corrected chi connectivity index (χ2v) is 5.59. The van der Waals surface area contributed by atoms with Crippen LogP contribution in [0.2, 0.25) is 0 Å². The molecule has 0 bridgehead atoms. The van der Waals surface area contributed by atoms with E-state index in [4.69, 9.17) is 0 Å². The van der Waals surface area contributed by atoms with Crippen molar-refractivity contribution in [2.24, 2.45) is 0 Å². The first kappa shape index (κ1) is 16.2. The molecule has 1 aliphatic rings. The zero-order valence-corrected chi connectivity index (χ0v) is 12.9. The zero-order chi connectivity index (χ0) is 15.9. The first-order chi connectivity index (χ1) is 10.6. The highest BCUT2D eigenvalue weighted by molar-refractivity contribution is 5.76. The van der Waals surface area contributed by atoms with E-state index in [1.54, 1.807) is 6.92 Å². The minimum atomic E-state index is -0.450. The fourth-order valence-corrected chi connectivity index (χ4v) is 2.60. The number of anilines is 1. The summed E-state index contributed by atoms with van der Waals surface area (Å²) >= 11 is 0. The molecular weight excluding hydrogens is 284 g/mol. The SMILES string of the molecule is Cc1cc([N+](=O)[O-])cnc1NCCCN1CCCCCC1=O. The van der Waals surface area contributed by atoms with Crippen LogP contribution < -0.4 is 5.32 Å². The molecule has 1 N–H and O–H groups in total. The molecule has 2 heterocycles. The molecule has 0 aliphatic carbocycles. The summed E-state index contributed by atoms with van der Waals surface area (Å²) in [6, 6.07) is 1.51. The molecule has 0 saturated carbocycles. The summed E-state index contributed by atoms with van der Waals surface area (Å²) < 4.78 is 0. The third-order valence-electron chi connectivity index (χ3n) is 3.84. The van der Waals surface area contributed by atoms with Crippen LogP contribution in [0.15, 0.2) is 12.3 Å². The number of pyridine rings is 1. The van der Waals surface area contributed by atoms with E-state index in [0.29, 0.717) is 18.8 Å². The van der Waals surface area contributed by atoms with Crippen molar-refractivity contribution >= 4 is 17.4 Å². The van der Waals surface area contributed by atoms with Crippen molar-refractivity contribution in [1.82, 2.24) is 9.88 Å². The number of amides is 1. The van der Waals surface area contributed by atoms with Gasteiger partial charge in [-0.1, -0.05) is 6.42 Å². The molecule has 1 saturated heterocycles. The van der Waals surface area contributed by atoms with Crippen molar-refractivity contribution in [2.75, 3.05) is 25.0 Å². The fourth-order valence-electron chi connectivity index (χ4n) is 2.60. The Morgan fingerprint density at radius 3 is 2.95 bits per heavy atom. The number of nitrogens with zero attached hydrogens (tertiary/aromatic N) is 3. The molecule has 7 heteroatoms. The van der Waals surface area contributed by atoms with Gasteiger partial charge in [0.25, 0.3) is 5.69 Å². The Balaban J connectivity index is 1.78. The molecule has 1 amide bonds. The highest BCUT2D eigenvalue weighted by Crippen LogP contribution is 2.18. The molecule has 2 rings (SSSR count). The number of carbonyl (C=O) groups is 1. The molecule has 22 heavy (non-hydrogen) atoms. The smallest absolute Gasteiger partial charge is 0.287 e. The van der Waals surface area contributed by atoms with Crippen molar-refractivity contribution in [3.63, 3.8) is 0 Å². The largest absolute Gasteiger partial charge is 0.370 e. The Morgan fingerprint density at radius 1 is 1.41 bits per heavy atom. The van der Waals surface area contributed by atoms with E-state index in [2.05, 4.69) is 10.3 Å². The van der Waals surface area contributed by atoms with Crippen molar-refractivity contribution in [3.05, 3.63) is 27.9 Å². The predicted octanol–water partition coefficient (Wildman–Crippen LogP) is 2.50. The van der Waals surface area contributed by atoms with Crippen LogP contribution in [0.3, 0.4) is 0 Å². The molecule has 7 nitrogen and oxygen atoms in total. The Morgan fingerprint density at radius 2 is 2.23 bits per heavy atom. The van der Waals surface area contributed by atoms with Crippen LogP contribution in [0.1, 0.15) is 37.7 Å². The third-order valence-corrected chi connectivity index (χ3v) is 3.84. The van der Waals surface area contributed by atoms with Crippen LogP contribution in [0.4, 0.5) is 11.5 Å². The van der Waals surface area contributed by atoms with Gasteiger partial charge in [0, 0.05) is 32.1 Å². The number of rotatable bonds is 6. The Hall–Kier alpha value is -2.18. The summed E-state index contributed by atoms with van der Waals surface area (Å²) in [5.74, 6) is 0.912. The molecule has 0 atom stereocenters. The summed E-state index contributed by atoms with van der Waals surface area (Å²) in [4.78, 5) is 28.1. The molecule has 0 radical (unpaired) electrons. The monoisotopic (exact) mass is 306 g/mol. The first-order valence-corrected chi connectivity index (χ1v) is 7.70. The van der Waals surface area contributed by atoms with Gasteiger partial charge in [-0.05, 0) is 31.7 Å². The lowest BCUT2D eigenvalue weighted by atomic mass is 10.2. The summed E-state index contributed by atoms with van der Waals surface area (Å²) in [5, 5.41) is 13.8. The summed E-state index contributed by atoms with van der Waals surface area (Å²) in [6.45, 7) is 4.08. The third kappa shape index (κ3) is 4.41. The standard InChI is InChI=1S/C15H22N4O3/c1-12-10-13(19(21)22)11-17-15(12)16-7-5-9-18-8-4-2-3-6-14(18)20/h10-11H,2-9H2,1H3,(H,16,17). The number of nitrogens with one attached hydrogen (secondary N) is 1. The number of aromatic nitrogens is 1. The van der Waals surface area contributed by atoms with Crippen LogP contribution >= 0.6 is 0 Å². The molecule has 1 aromatic heterocycles. The number of likely N-dealkylation sites (tertiary alicyclic amines) is 1. The maximum atomic E-state index is 11.9. The van der Waals surface area contributed by atoms with E-state index in [1.165, 1.54) is 12.3 Å². The molecule has 1 fully saturated rings.